The van der Waals surface area contributed by atoms with Gasteiger partial charge in [0.05, 0.1) is 5.69 Å². The van der Waals surface area contributed by atoms with Crippen LogP contribution in [-0.4, -0.2) is 46.4 Å². The highest BCUT2D eigenvalue weighted by molar-refractivity contribution is 6.31. The van der Waals surface area contributed by atoms with Crippen molar-refractivity contribution in [1.82, 2.24) is 14.5 Å². The molecule has 1 fully saturated rings. The van der Waals surface area contributed by atoms with Gasteiger partial charge in [0.2, 0.25) is 0 Å². The predicted octanol–water partition coefficient (Wildman–Crippen LogP) is 4.34. The summed E-state index contributed by atoms with van der Waals surface area (Å²) in [5.41, 5.74) is 1.44. The molecule has 1 saturated heterocycles. The van der Waals surface area contributed by atoms with Crippen molar-refractivity contribution in [3.8, 4) is 5.69 Å². The van der Waals surface area contributed by atoms with E-state index in [0.29, 0.717) is 11.3 Å². The summed E-state index contributed by atoms with van der Waals surface area (Å²) in [7, 11) is 2.04. The SMILES string of the molecule is Cc1ccnc(Cl)c1-n1cc(C(=NOC2CCN(C)CC2)c2ccc(F)cc2F)ccc1=O. The van der Waals surface area contributed by atoms with Crippen molar-refractivity contribution in [3.05, 3.63) is 92.6 Å². The molecular weight excluding hydrogens is 450 g/mol. The molecule has 6 nitrogen and oxygen atoms in total. The van der Waals surface area contributed by atoms with Gasteiger partial charge in [-0.25, -0.2) is 13.8 Å². The molecule has 0 unspecified atom stereocenters. The van der Waals surface area contributed by atoms with E-state index in [-0.39, 0.29) is 28.1 Å². The molecule has 3 aromatic rings. The van der Waals surface area contributed by atoms with E-state index < -0.39 is 11.6 Å². The van der Waals surface area contributed by atoms with Crippen LogP contribution in [-0.2, 0) is 4.84 Å². The molecule has 0 bridgehead atoms. The van der Waals surface area contributed by atoms with Crippen LogP contribution in [0.15, 0.2) is 58.7 Å². The molecule has 0 radical (unpaired) electrons. The Balaban J connectivity index is 1.80. The second-order valence-electron chi connectivity index (χ2n) is 8.07. The molecule has 0 amide bonds. The maximum atomic E-state index is 14.8. The second kappa shape index (κ2) is 9.80. The van der Waals surface area contributed by atoms with E-state index in [2.05, 4.69) is 15.0 Å². The minimum Gasteiger partial charge on any atom is -0.392 e. The van der Waals surface area contributed by atoms with Crippen LogP contribution >= 0.6 is 11.6 Å². The smallest absolute Gasteiger partial charge is 0.255 e. The summed E-state index contributed by atoms with van der Waals surface area (Å²) in [6, 6.07) is 7.85. The Morgan fingerprint density at radius 3 is 2.64 bits per heavy atom. The third kappa shape index (κ3) is 5.12. The van der Waals surface area contributed by atoms with Gasteiger partial charge < -0.3 is 9.74 Å². The lowest BCUT2D eigenvalue weighted by molar-refractivity contribution is 0.0163. The number of aromatic nitrogens is 2. The van der Waals surface area contributed by atoms with Gasteiger partial charge in [0.15, 0.2) is 5.15 Å². The molecule has 9 heteroatoms. The van der Waals surface area contributed by atoms with Crippen LogP contribution in [0.5, 0.6) is 0 Å². The number of hydrogen-bond acceptors (Lipinski definition) is 5. The van der Waals surface area contributed by atoms with E-state index in [4.69, 9.17) is 16.4 Å². The summed E-state index contributed by atoms with van der Waals surface area (Å²) in [5, 5.41) is 4.44. The second-order valence-corrected chi connectivity index (χ2v) is 8.42. The van der Waals surface area contributed by atoms with E-state index in [9.17, 15) is 13.6 Å². The molecule has 0 aliphatic carbocycles. The highest BCUT2D eigenvalue weighted by Gasteiger charge is 2.21. The first kappa shape index (κ1) is 23.1. The first-order valence-electron chi connectivity index (χ1n) is 10.6. The van der Waals surface area contributed by atoms with Crippen LogP contribution in [0.4, 0.5) is 8.78 Å². The number of aryl methyl sites for hydroxylation is 1. The molecule has 4 rings (SSSR count). The monoisotopic (exact) mass is 472 g/mol. The molecule has 1 aliphatic heterocycles. The lowest BCUT2D eigenvalue weighted by Crippen LogP contribution is -2.33. The molecule has 0 atom stereocenters. The van der Waals surface area contributed by atoms with E-state index in [0.717, 1.165) is 43.6 Å². The maximum absolute atomic E-state index is 14.8. The Kier molecular flexibility index (Phi) is 6.85. The Bertz CT molecular complexity index is 1230. The zero-order chi connectivity index (χ0) is 23.5. The standard InChI is InChI=1S/C24H23ClF2N4O2/c1-15-7-10-28-24(25)23(15)31-14-16(3-6-21(31)32)22(19-5-4-17(26)13-20(19)27)29-33-18-8-11-30(2)12-9-18/h3-7,10,13-14,18H,8-9,11-12H2,1-2H3. The zero-order valence-electron chi connectivity index (χ0n) is 18.3. The van der Waals surface area contributed by atoms with Crippen molar-refractivity contribution in [2.24, 2.45) is 5.16 Å². The number of oxime groups is 1. The van der Waals surface area contributed by atoms with Crippen molar-refractivity contribution in [1.29, 1.82) is 0 Å². The number of nitrogens with zero attached hydrogens (tertiary/aromatic N) is 4. The number of hydrogen-bond donors (Lipinski definition) is 0. The Hall–Kier alpha value is -3.10. The Labute approximate surface area is 195 Å². The minimum atomic E-state index is -0.783. The van der Waals surface area contributed by atoms with Gasteiger partial charge >= 0.3 is 0 Å². The van der Waals surface area contributed by atoms with Crippen LogP contribution < -0.4 is 5.56 Å². The molecule has 0 N–H and O–H groups in total. The van der Waals surface area contributed by atoms with Crippen molar-refractivity contribution < 1.29 is 13.6 Å². The summed E-state index contributed by atoms with van der Waals surface area (Å²) in [6.07, 6.45) is 4.50. The molecule has 1 aromatic carbocycles. The van der Waals surface area contributed by atoms with E-state index in [1.54, 1.807) is 19.2 Å². The summed E-state index contributed by atoms with van der Waals surface area (Å²) in [4.78, 5) is 24.7. The molecule has 172 valence electrons. The Morgan fingerprint density at radius 2 is 1.94 bits per heavy atom. The predicted molar refractivity (Wildman–Crippen MR) is 123 cm³/mol. The van der Waals surface area contributed by atoms with E-state index in [1.165, 1.54) is 29.0 Å². The Morgan fingerprint density at radius 1 is 1.18 bits per heavy atom. The van der Waals surface area contributed by atoms with Crippen molar-refractivity contribution in [2.75, 3.05) is 20.1 Å². The van der Waals surface area contributed by atoms with Crippen LogP contribution in [0.25, 0.3) is 5.69 Å². The maximum Gasteiger partial charge on any atom is 0.255 e. The zero-order valence-corrected chi connectivity index (χ0v) is 19.0. The fourth-order valence-electron chi connectivity index (χ4n) is 3.77. The number of rotatable bonds is 5. The summed E-state index contributed by atoms with van der Waals surface area (Å²) in [5.74, 6) is -1.48. The van der Waals surface area contributed by atoms with E-state index >= 15 is 0 Å². The van der Waals surface area contributed by atoms with Crippen LogP contribution in [0, 0.1) is 18.6 Å². The molecular formula is C24H23ClF2N4O2. The largest absolute Gasteiger partial charge is 0.392 e. The summed E-state index contributed by atoms with van der Waals surface area (Å²) in [6.45, 7) is 3.54. The quantitative estimate of drug-likeness (QED) is 0.315. The fourth-order valence-corrected chi connectivity index (χ4v) is 4.06. The van der Waals surface area contributed by atoms with Crippen LogP contribution in [0.1, 0.15) is 29.5 Å². The van der Waals surface area contributed by atoms with Gasteiger partial charge in [0.1, 0.15) is 23.5 Å². The first-order chi connectivity index (χ1) is 15.8. The average Bonchev–Trinajstić information content (AvgIpc) is 2.78. The van der Waals surface area contributed by atoms with Crippen molar-refractivity contribution in [3.63, 3.8) is 0 Å². The minimum absolute atomic E-state index is 0.0588. The lowest BCUT2D eigenvalue weighted by Gasteiger charge is -2.27. The van der Waals surface area contributed by atoms with Gasteiger partial charge in [0.25, 0.3) is 5.56 Å². The highest BCUT2D eigenvalue weighted by Crippen LogP contribution is 2.23. The molecule has 0 saturated carbocycles. The molecule has 33 heavy (non-hydrogen) atoms. The van der Waals surface area contributed by atoms with Gasteiger partial charge in [-0.15, -0.1) is 0 Å². The summed E-state index contributed by atoms with van der Waals surface area (Å²) < 4.78 is 29.7. The molecule has 2 aromatic heterocycles. The first-order valence-corrected chi connectivity index (χ1v) is 10.9. The van der Waals surface area contributed by atoms with Crippen LogP contribution in [0.2, 0.25) is 5.15 Å². The van der Waals surface area contributed by atoms with Gasteiger partial charge in [-0.2, -0.15) is 0 Å². The van der Waals surface area contributed by atoms with Crippen molar-refractivity contribution >= 4 is 17.3 Å². The van der Waals surface area contributed by atoms with Crippen LogP contribution in [0.3, 0.4) is 0 Å². The number of pyridine rings is 2. The fraction of sp³-hybridized carbons (Fsp3) is 0.292. The molecule has 0 spiro atoms. The van der Waals surface area contributed by atoms with Gasteiger partial charge in [-0.3, -0.25) is 9.36 Å². The number of likely N-dealkylation sites (tertiary alicyclic amines) is 1. The average molecular weight is 473 g/mol. The molecule has 1 aliphatic rings. The highest BCUT2D eigenvalue weighted by atomic mass is 35.5. The van der Waals surface area contributed by atoms with Gasteiger partial charge in [-0.1, -0.05) is 16.8 Å². The third-order valence-electron chi connectivity index (χ3n) is 5.65. The topological polar surface area (TPSA) is 59.7 Å². The normalized spacial score (nSPS) is 15.6. The molecule has 3 heterocycles. The van der Waals surface area contributed by atoms with Crippen molar-refractivity contribution in [2.45, 2.75) is 25.9 Å². The number of benzene rings is 1. The number of halogens is 3. The number of piperidine rings is 1. The van der Waals surface area contributed by atoms with E-state index in [1.807, 2.05) is 7.05 Å². The van der Waals surface area contributed by atoms with Gasteiger partial charge in [-0.05, 0) is 56.6 Å². The lowest BCUT2D eigenvalue weighted by atomic mass is 10.0. The third-order valence-corrected chi connectivity index (χ3v) is 5.93. The van der Waals surface area contributed by atoms with Gasteiger partial charge in [0, 0.05) is 48.7 Å². The summed E-state index contributed by atoms with van der Waals surface area (Å²) >= 11 is 6.27.